The van der Waals surface area contributed by atoms with Crippen molar-refractivity contribution in [3.05, 3.63) is 24.0 Å². The Morgan fingerprint density at radius 2 is 2.25 bits per heavy atom. The number of anilines is 1. The van der Waals surface area contributed by atoms with E-state index in [9.17, 15) is 0 Å². The number of nitrogens with zero attached hydrogens (tertiary/aromatic N) is 2. The van der Waals surface area contributed by atoms with Gasteiger partial charge in [-0.15, -0.1) is 0 Å². The minimum absolute atomic E-state index is 0.512. The zero-order valence-electron chi connectivity index (χ0n) is 7.41. The van der Waals surface area contributed by atoms with E-state index in [0.717, 1.165) is 11.4 Å². The van der Waals surface area contributed by atoms with E-state index in [1.807, 2.05) is 30.7 Å². The molecule has 0 aliphatic carbocycles. The van der Waals surface area contributed by atoms with Gasteiger partial charge in [0.1, 0.15) is 0 Å². The molecule has 12 heavy (non-hydrogen) atoms. The number of hydrogen-bond donors (Lipinski definition) is 1. The van der Waals surface area contributed by atoms with Crippen molar-refractivity contribution in [2.75, 3.05) is 5.73 Å². The standard InChI is InChI=1S/C9H13N3/c1-4-6-8-7(5-2)11-9(10)12(8)3/h4-6H,2H2,1,3H3,(H2,10,11)/b6-4-. The van der Waals surface area contributed by atoms with Gasteiger partial charge in [-0.1, -0.05) is 12.7 Å². The van der Waals surface area contributed by atoms with Crippen molar-refractivity contribution in [3.63, 3.8) is 0 Å². The predicted octanol–water partition coefficient (Wildman–Crippen LogP) is 1.68. The Kier molecular flexibility index (Phi) is 2.33. The van der Waals surface area contributed by atoms with E-state index in [0.29, 0.717) is 5.95 Å². The molecular weight excluding hydrogens is 150 g/mol. The smallest absolute Gasteiger partial charge is 0.200 e. The monoisotopic (exact) mass is 163 g/mol. The van der Waals surface area contributed by atoms with Crippen molar-refractivity contribution in [3.8, 4) is 0 Å². The molecule has 1 heterocycles. The number of imidazole rings is 1. The SMILES string of the molecule is C=Cc1nc(N)n(C)c1/C=C\C. The molecule has 1 rings (SSSR count). The fourth-order valence-corrected chi connectivity index (χ4v) is 1.06. The Hall–Kier alpha value is -1.51. The zero-order chi connectivity index (χ0) is 9.14. The molecule has 1 aromatic heterocycles. The second kappa shape index (κ2) is 3.26. The van der Waals surface area contributed by atoms with Gasteiger partial charge in [0, 0.05) is 7.05 Å². The summed E-state index contributed by atoms with van der Waals surface area (Å²) < 4.78 is 1.83. The molecule has 3 heteroatoms. The molecular formula is C9H13N3. The highest BCUT2D eigenvalue weighted by Crippen LogP contribution is 2.14. The third kappa shape index (κ3) is 1.25. The molecule has 0 atom stereocenters. The van der Waals surface area contributed by atoms with Gasteiger partial charge >= 0.3 is 0 Å². The minimum Gasteiger partial charge on any atom is -0.369 e. The number of rotatable bonds is 2. The molecule has 0 saturated heterocycles. The fraction of sp³-hybridized carbons (Fsp3) is 0.222. The van der Waals surface area contributed by atoms with Crippen molar-refractivity contribution in [1.82, 2.24) is 9.55 Å². The van der Waals surface area contributed by atoms with Crippen LogP contribution in [0.15, 0.2) is 12.7 Å². The molecule has 3 nitrogen and oxygen atoms in total. The lowest BCUT2D eigenvalue weighted by Gasteiger charge is -1.97. The number of hydrogen-bond acceptors (Lipinski definition) is 2. The van der Waals surface area contributed by atoms with Gasteiger partial charge in [-0.05, 0) is 19.1 Å². The van der Waals surface area contributed by atoms with Gasteiger partial charge in [-0.2, -0.15) is 0 Å². The van der Waals surface area contributed by atoms with Gasteiger partial charge in [0.2, 0.25) is 5.95 Å². The first-order valence-electron chi connectivity index (χ1n) is 3.78. The average molecular weight is 163 g/mol. The van der Waals surface area contributed by atoms with E-state index < -0.39 is 0 Å². The molecule has 0 amide bonds. The summed E-state index contributed by atoms with van der Waals surface area (Å²) in [5, 5.41) is 0. The largest absolute Gasteiger partial charge is 0.369 e. The highest BCUT2D eigenvalue weighted by Gasteiger charge is 2.05. The summed E-state index contributed by atoms with van der Waals surface area (Å²) >= 11 is 0. The first kappa shape index (κ1) is 8.59. The average Bonchev–Trinajstić information content (AvgIpc) is 2.33. The molecule has 0 saturated carbocycles. The summed E-state index contributed by atoms with van der Waals surface area (Å²) in [6.45, 7) is 5.62. The van der Waals surface area contributed by atoms with Crippen molar-refractivity contribution >= 4 is 18.1 Å². The van der Waals surface area contributed by atoms with Crippen LogP contribution >= 0.6 is 0 Å². The summed E-state index contributed by atoms with van der Waals surface area (Å²) in [6.07, 6.45) is 5.61. The van der Waals surface area contributed by atoms with Gasteiger partial charge in [0.25, 0.3) is 0 Å². The maximum Gasteiger partial charge on any atom is 0.200 e. The summed E-state index contributed by atoms with van der Waals surface area (Å²) in [7, 11) is 1.88. The Morgan fingerprint density at radius 1 is 1.58 bits per heavy atom. The molecule has 64 valence electrons. The van der Waals surface area contributed by atoms with E-state index in [1.165, 1.54) is 0 Å². The quantitative estimate of drug-likeness (QED) is 0.720. The lowest BCUT2D eigenvalue weighted by Crippen LogP contribution is -1.98. The second-order valence-corrected chi connectivity index (χ2v) is 2.50. The van der Waals surface area contributed by atoms with Crippen molar-refractivity contribution < 1.29 is 0 Å². The van der Waals surface area contributed by atoms with E-state index in [-0.39, 0.29) is 0 Å². The lowest BCUT2D eigenvalue weighted by atomic mass is 10.3. The first-order valence-corrected chi connectivity index (χ1v) is 3.78. The molecule has 0 fully saturated rings. The van der Waals surface area contributed by atoms with Gasteiger partial charge in [-0.3, -0.25) is 0 Å². The molecule has 1 aromatic rings. The summed E-state index contributed by atoms with van der Waals surface area (Å²) in [5.41, 5.74) is 7.44. The highest BCUT2D eigenvalue weighted by molar-refractivity contribution is 5.61. The maximum absolute atomic E-state index is 5.62. The predicted molar refractivity (Wildman–Crippen MR) is 52.4 cm³/mol. The van der Waals surface area contributed by atoms with Crippen molar-refractivity contribution in [2.24, 2.45) is 7.05 Å². The van der Waals surface area contributed by atoms with Crippen LogP contribution in [0.1, 0.15) is 18.3 Å². The van der Waals surface area contributed by atoms with Gasteiger partial charge in [-0.25, -0.2) is 4.98 Å². The van der Waals surface area contributed by atoms with E-state index in [4.69, 9.17) is 5.73 Å². The van der Waals surface area contributed by atoms with Crippen LogP contribution in [-0.2, 0) is 7.05 Å². The molecule has 0 aliphatic rings. The maximum atomic E-state index is 5.62. The lowest BCUT2D eigenvalue weighted by molar-refractivity contribution is 0.918. The topological polar surface area (TPSA) is 43.8 Å². The summed E-state index contributed by atoms with van der Waals surface area (Å²) in [5.74, 6) is 0.512. The van der Waals surface area contributed by atoms with Gasteiger partial charge in [0.05, 0.1) is 11.4 Å². The second-order valence-electron chi connectivity index (χ2n) is 2.50. The summed E-state index contributed by atoms with van der Waals surface area (Å²) in [6, 6.07) is 0. The normalized spacial score (nSPS) is 10.8. The molecule has 0 radical (unpaired) electrons. The van der Waals surface area contributed by atoms with Gasteiger partial charge < -0.3 is 10.3 Å². The fourth-order valence-electron chi connectivity index (χ4n) is 1.06. The first-order chi connectivity index (χ1) is 5.70. The molecule has 0 spiro atoms. The van der Waals surface area contributed by atoms with Crippen LogP contribution in [0.2, 0.25) is 0 Å². The Bertz CT molecular complexity index is 321. The van der Waals surface area contributed by atoms with E-state index in [1.54, 1.807) is 6.08 Å². The zero-order valence-corrected chi connectivity index (χ0v) is 7.41. The van der Waals surface area contributed by atoms with E-state index in [2.05, 4.69) is 11.6 Å². The van der Waals surface area contributed by atoms with Crippen LogP contribution < -0.4 is 5.73 Å². The van der Waals surface area contributed by atoms with Crippen molar-refractivity contribution in [2.45, 2.75) is 6.92 Å². The molecule has 2 N–H and O–H groups in total. The molecule has 0 bridgehead atoms. The molecule has 0 aliphatic heterocycles. The molecule has 0 unspecified atom stereocenters. The van der Waals surface area contributed by atoms with E-state index >= 15 is 0 Å². The summed E-state index contributed by atoms with van der Waals surface area (Å²) in [4.78, 5) is 4.12. The Labute approximate surface area is 72.2 Å². The number of allylic oxidation sites excluding steroid dienone is 1. The minimum atomic E-state index is 0.512. The highest BCUT2D eigenvalue weighted by atomic mass is 15.1. The molecule has 0 aromatic carbocycles. The van der Waals surface area contributed by atoms with Crippen molar-refractivity contribution in [1.29, 1.82) is 0 Å². The van der Waals surface area contributed by atoms with Crippen LogP contribution in [0.4, 0.5) is 5.95 Å². The Balaban J connectivity index is 3.30. The third-order valence-corrected chi connectivity index (χ3v) is 1.72. The third-order valence-electron chi connectivity index (χ3n) is 1.72. The van der Waals surface area contributed by atoms with Crippen LogP contribution in [-0.4, -0.2) is 9.55 Å². The van der Waals surface area contributed by atoms with Crippen LogP contribution in [0.5, 0.6) is 0 Å². The Morgan fingerprint density at radius 3 is 2.75 bits per heavy atom. The van der Waals surface area contributed by atoms with Crippen LogP contribution in [0.25, 0.3) is 12.2 Å². The number of nitrogens with two attached hydrogens (primary N) is 1. The number of aromatic nitrogens is 2. The van der Waals surface area contributed by atoms with Crippen LogP contribution in [0.3, 0.4) is 0 Å². The number of nitrogen functional groups attached to an aromatic ring is 1. The van der Waals surface area contributed by atoms with Gasteiger partial charge in [0.15, 0.2) is 0 Å². The van der Waals surface area contributed by atoms with Crippen LogP contribution in [0, 0.1) is 0 Å².